The highest BCUT2D eigenvalue weighted by Crippen LogP contribution is 2.09. The van der Waals surface area contributed by atoms with Crippen molar-refractivity contribution in [1.82, 2.24) is 0 Å². The predicted octanol–water partition coefficient (Wildman–Crippen LogP) is 2.34. The molecule has 1 rings (SSSR count). The van der Waals surface area contributed by atoms with Gasteiger partial charge in [0.1, 0.15) is 6.04 Å². The number of carbonyl (C=O) groups is 1. The monoisotopic (exact) mass is 268 g/mol. The van der Waals surface area contributed by atoms with Crippen LogP contribution in [-0.2, 0) is 4.79 Å². The lowest BCUT2D eigenvalue weighted by atomic mass is 10.1. The van der Waals surface area contributed by atoms with Crippen LogP contribution in [0.1, 0.15) is 24.8 Å². The van der Waals surface area contributed by atoms with Crippen LogP contribution in [0.15, 0.2) is 29.3 Å². The quantitative estimate of drug-likeness (QED) is 0.589. The number of rotatable bonds is 7. The molecule has 0 radical (unpaired) electrons. The molecule has 0 fully saturated rings. The molecule has 18 heavy (non-hydrogen) atoms. The van der Waals surface area contributed by atoms with Gasteiger partial charge in [-0.3, -0.25) is 4.99 Å². The second-order valence-corrected chi connectivity index (χ2v) is 4.40. The molecule has 0 heterocycles. The number of benzene rings is 1. The Balaban J connectivity index is 2.59. The molecule has 5 heteroatoms. The van der Waals surface area contributed by atoms with E-state index >= 15 is 0 Å². The summed E-state index contributed by atoms with van der Waals surface area (Å²) < 4.78 is 0. The molecule has 1 aromatic rings. The fourth-order valence-electron chi connectivity index (χ4n) is 1.47. The third-order valence-electron chi connectivity index (χ3n) is 2.49. The molecule has 98 valence electrons. The van der Waals surface area contributed by atoms with Gasteiger partial charge in [-0.2, -0.15) is 0 Å². The van der Waals surface area contributed by atoms with E-state index < -0.39 is 12.0 Å². The van der Waals surface area contributed by atoms with Crippen LogP contribution in [0.25, 0.3) is 0 Å². The fraction of sp³-hybridized carbons (Fsp3) is 0.385. The lowest BCUT2D eigenvalue weighted by Gasteiger charge is -2.06. The van der Waals surface area contributed by atoms with Crippen molar-refractivity contribution in [3.05, 3.63) is 34.9 Å². The van der Waals surface area contributed by atoms with E-state index in [-0.39, 0.29) is 0 Å². The molecule has 0 aliphatic rings. The number of aliphatic carboxylic acids is 1. The topological polar surface area (TPSA) is 75.7 Å². The van der Waals surface area contributed by atoms with Crippen molar-refractivity contribution in [2.24, 2.45) is 10.7 Å². The van der Waals surface area contributed by atoms with Crippen LogP contribution in [0.4, 0.5) is 0 Å². The van der Waals surface area contributed by atoms with Gasteiger partial charge in [0.05, 0.1) is 0 Å². The second kappa shape index (κ2) is 7.84. The number of nitrogens with two attached hydrogens (primary N) is 1. The van der Waals surface area contributed by atoms with Crippen molar-refractivity contribution in [3.8, 4) is 0 Å². The molecule has 0 amide bonds. The molecule has 0 aromatic heterocycles. The van der Waals surface area contributed by atoms with Crippen LogP contribution in [-0.4, -0.2) is 29.9 Å². The number of carboxylic acid groups (broad SMARTS) is 1. The van der Waals surface area contributed by atoms with E-state index in [1.807, 2.05) is 0 Å². The van der Waals surface area contributed by atoms with Crippen LogP contribution in [0.5, 0.6) is 0 Å². The highest BCUT2D eigenvalue weighted by Gasteiger charge is 2.14. The fourth-order valence-corrected chi connectivity index (χ4v) is 1.59. The molecule has 1 atom stereocenters. The molecule has 1 aromatic carbocycles. The Kier molecular flexibility index (Phi) is 6.39. The standard InChI is InChI=1S/C13H17ClN2O2/c14-11-6-4-10(5-7-11)9-16-12(13(17)18)3-1-2-8-15/h4-7,9,12H,1-3,8,15H2,(H,17,18)/b16-9-/t12-/m0/s1. The summed E-state index contributed by atoms with van der Waals surface area (Å²) >= 11 is 5.76. The van der Waals surface area contributed by atoms with Crippen LogP contribution >= 0.6 is 11.6 Å². The smallest absolute Gasteiger partial charge is 0.328 e. The molecule has 0 spiro atoms. The summed E-state index contributed by atoms with van der Waals surface area (Å²) in [6.45, 7) is 0.577. The molecule has 4 nitrogen and oxygen atoms in total. The molecule has 0 saturated heterocycles. The van der Waals surface area contributed by atoms with E-state index in [2.05, 4.69) is 4.99 Å². The number of aliphatic imine (C=N–C) groups is 1. The first-order valence-corrected chi connectivity index (χ1v) is 6.23. The minimum absolute atomic E-state index is 0.511. The van der Waals surface area contributed by atoms with Crippen molar-refractivity contribution in [2.45, 2.75) is 25.3 Å². The van der Waals surface area contributed by atoms with Crippen molar-refractivity contribution in [2.75, 3.05) is 6.54 Å². The zero-order chi connectivity index (χ0) is 13.4. The van der Waals surface area contributed by atoms with Crippen LogP contribution in [0.2, 0.25) is 5.02 Å². The summed E-state index contributed by atoms with van der Waals surface area (Å²) in [6, 6.07) is 6.38. The van der Waals surface area contributed by atoms with E-state index in [9.17, 15) is 4.79 Å². The summed E-state index contributed by atoms with van der Waals surface area (Å²) in [5.41, 5.74) is 6.21. The number of hydrogen-bond donors (Lipinski definition) is 2. The van der Waals surface area contributed by atoms with Crippen LogP contribution in [0.3, 0.4) is 0 Å². The number of nitrogens with zero attached hydrogens (tertiary/aromatic N) is 1. The lowest BCUT2D eigenvalue weighted by molar-refractivity contribution is -0.138. The summed E-state index contributed by atoms with van der Waals surface area (Å²) in [7, 11) is 0. The van der Waals surface area contributed by atoms with E-state index in [1.165, 1.54) is 0 Å². The van der Waals surface area contributed by atoms with Gasteiger partial charge in [0, 0.05) is 11.2 Å². The third-order valence-corrected chi connectivity index (χ3v) is 2.74. The maximum Gasteiger partial charge on any atom is 0.328 e. The lowest BCUT2D eigenvalue weighted by Crippen LogP contribution is -2.18. The van der Waals surface area contributed by atoms with Crippen molar-refractivity contribution < 1.29 is 9.90 Å². The van der Waals surface area contributed by atoms with Gasteiger partial charge in [-0.1, -0.05) is 23.7 Å². The largest absolute Gasteiger partial charge is 0.480 e. The van der Waals surface area contributed by atoms with Gasteiger partial charge < -0.3 is 10.8 Å². The predicted molar refractivity (Wildman–Crippen MR) is 73.4 cm³/mol. The first kappa shape index (κ1) is 14.7. The van der Waals surface area contributed by atoms with Crippen molar-refractivity contribution >= 4 is 23.8 Å². The number of carboxylic acids is 1. The number of halogens is 1. The molecule has 0 aliphatic carbocycles. The van der Waals surface area contributed by atoms with E-state index in [1.54, 1.807) is 30.5 Å². The van der Waals surface area contributed by atoms with Gasteiger partial charge in [-0.05, 0) is 43.5 Å². The van der Waals surface area contributed by atoms with Crippen LogP contribution in [0, 0.1) is 0 Å². The minimum atomic E-state index is -0.905. The average molecular weight is 269 g/mol. The van der Waals surface area contributed by atoms with Gasteiger partial charge in [-0.15, -0.1) is 0 Å². The van der Waals surface area contributed by atoms with Gasteiger partial charge in [-0.25, -0.2) is 4.79 Å². The molecular formula is C13H17ClN2O2. The summed E-state index contributed by atoms with van der Waals surface area (Å²) in [5, 5.41) is 9.67. The van der Waals surface area contributed by atoms with E-state index in [0.29, 0.717) is 18.0 Å². The zero-order valence-electron chi connectivity index (χ0n) is 10.1. The Labute approximate surface area is 111 Å². The Bertz CT molecular complexity index is 404. The van der Waals surface area contributed by atoms with Crippen LogP contribution < -0.4 is 5.73 Å². The Morgan fingerprint density at radius 3 is 2.61 bits per heavy atom. The summed E-state index contributed by atoms with van der Waals surface area (Å²) in [6.07, 6.45) is 3.67. The Morgan fingerprint density at radius 2 is 2.06 bits per heavy atom. The molecular weight excluding hydrogens is 252 g/mol. The highest BCUT2D eigenvalue weighted by atomic mass is 35.5. The van der Waals surface area contributed by atoms with E-state index in [4.69, 9.17) is 22.4 Å². The first-order chi connectivity index (χ1) is 8.63. The normalized spacial score (nSPS) is 12.8. The first-order valence-electron chi connectivity index (χ1n) is 5.85. The summed E-state index contributed by atoms with van der Waals surface area (Å²) in [5.74, 6) is -0.905. The van der Waals surface area contributed by atoms with E-state index in [0.717, 1.165) is 18.4 Å². The second-order valence-electron chi connectivity index (χ2n) is 3.97. The van der Waals surface area contributed by atoms with Crippen molar-refractivity contribution in [1.29, 1.82) is 0 Å². The molecule has 0 unspecified atom stereocenters. The van der Waals surface area contributed by atoms with Gasteiger partial charge in [0.15, 0.2) is 0 Å². The minimum Gasteiger partial charge on any atom is -0.480 e. The van der Waals surface area contributed by atoms with Gasteiger partial charge >= 0.3 is 5.97 Å². The van der Waals surface area contributed by atoms with Crippen molar-refractivity contribution in [3.63, 3.8) is 0 Å². The van der Waals surface area contributed by atoms with Gasteiger partial charge in [0.25, 0.3) is 0 Å². The molecule has 3 N–H and O–H groups in total. The molecule has 0 aliphatic heterocycles. The average Bonchev–Trinajstić information content (AvgIpc) is 2.35. The Hall–Kier alpha value is -1.39. The number of unbranched alkanes of at least 4 members (excludes halogenated alkanes) is 1. The van der Waals surface area contributed by atoms with Gasteiger partial charge in [0.2, 0.25) is 0 Å². The zero-order valence-corrected chi connectivity index (χ0v) is 10.8. The maximum atomic E-state index is 11.0. The SMILES string of the molecule is NCCCC[C@H](/N=C\c1ccc(Cl)cc1)C(=O)O. The number of hydrogen-bond acceptors (Lipinski definition) is 3. The Morgan fingerprint density at radius 1 is 1.39 bits per heavy atom. The molecule has 0 saturated carbocycles. The third kappa shape index (κ3) is 5.29. The highest BCUT2D eigenvalue weighted by molar-refractivity contribution is 6.30. The molecule has 0 bridgehead atoms. The maximum absolute atomic E-state index is 11.0. The summed E-state index contributed by atoms with van der Waals surface area (Å²) in [4.78, 5) is 15.1.